The summed E-state index contributed by atoms with van der Waals surface area (Å²) in [7, 11) is 1.32. The lowest BCUT2D eigenvalue weighted by Gasteiger charge is -2.07. The van der Waals surface area contributed by atoms with Crippen LogP contribution in [-0.2, 0) is 9.53 Å². The second-order valence-corrected chi connectivity index (χ2v) is 4.77. The van der Waals surface area contributed by atoms with Gasteiger partial charge in [-0.05, 0) is 22.9 Å². The molecule has 0 atom stereocenters. The molecule has 0 radical (unpaired) electrons. The van der Waals surface area contributed by atoms with Gasteiger partial charge >= 0.3 is 12.0 Å². The molecular formula is C13H14N2O3S. The van der Waals surface area contributed by atoms with Crippen LogP contribution < -0.4 is 10.6 Å². The van der Waals surface area contributed by atoms with Gasteiger partial charge < -0.3 is 15.4 Å². The van der Waals surface area contributed by atoms with Crippen LogP contribution in [0.3, 0.4) is 0 Å². The van der Waals surface area contributed by atoms with Gasteiger partial charge in [-0.15, -0.1) is 11.3 Å². The molecule has 19 heavy (non-hydrogen) atoms. The van der Waals surface area contributed by atoms with Gasteiger partial charge in [0.2, 0.25) is 0 Å². The number of rotatable bonds is 4. The summed E-state index contributed by atoms with van der Waals surface area (Å²) in [6, 6.07) is 7.40. The number of fused-ring (bicyclic) bond motifs is 1. The average molecular weight is 278 g/mol. The molecule has 0 bridgehead atoms. The number of thiophene rings is 1. The summed E-state index contributed by atoms with van der Waals surface area (Å²) >= 11 is 1.57. The molecule has 2 rings (SSSR count). The lowest BCUT2D eigenvalue weighted by atomic mass is 10.2. The van der Waals surface area contributed by atoms with Gasteiger partial charge in [-0.25, -0.2) is 4.79 Å². The Balaban J connectivity index is 1.92. The Kier molecular flexibility index (Phi) is 4.35. The molecule has 0 spiro atoms. The molecule has 2 N–H and O–H groups in total. The predicted molar refractivity (Wildman–Crippen MR) is 75.5 cm³/mol. The molecule has 1 aromatic heterocycles. The van der Waals surface area contributed by atoms with Gasteiger partial charge in [0.25, 0.3) is 0 Å². The minimum absolute atomic E-state index is 0.160. The highest BCUT2D eigenvalue weighted by atomic mass is 32.1. The van der Waals surface area contributed by atoms with Crippen LogP contribution in [0.4, 0.5) is 10.5 Å². The molecule has 0 aliphatic carbocycles. The fourth-order valence-corrected chi connectivity index (χ4v) is 2.51. The van der Waals surface area contributed by atoms with Gasteiger partial charge in [0.15, 0.2) is 0 Å². The third kappa shape index (κ3) is 3.45. The van der Waals surface area contributed by atoms with Crippen molar-refractivity contribution in [3.8, 4) is 0 Å². The summed E-state index contributed by atoms with van der Waals surface area (Å²) in [5.74, 6) is -0.347. The minimum Gasteiger partial charge on any atom is -0.469 e. The number of methoxy groups -OCH3 is 1. The Morgan fingerprint density at radius 2 is 2.16 bits per heavy atom. The summed E-state index contributed by atoms with van der Waals surface area (Å²) in [5.41, 5.74) is 0.767. The maximum absolute atomic E-state index is 11.7. The van der Waals surface area contributed by atoms with Gasteiger partial charge in [0, 0.05) is 6.54 Å². The molecule has 0 unspecified atom stereocenters. The summed E-state index contributed by atoms with van der Waals surface area (Å²) in [6.07, 6.45) is 0.160. The first-order valence-electron chi connectivity index (χ1n) is 5.78. The van der Waals surface area contributed by atoms with Crippen molar-refractivity contribution < 1.29 is 14.3 Å². The Bertz CT molecular complexity index is 594. The van der Waals surface area contributed by atoms with Crippen molar-refractivity contribution in [1.29, 1.82) is 0 Å². The maximum Gasteiger partial charge on any atom is 0.319 e. The first kappa shape index (κ1) is 13.4. The zero-order valence-corrected chi connectivity index (χ0v) is 11.3. The van der Waals surface area contributed by atoms with E-state index in [4.69, 9.17) is 0 Å². The minimum atomic E-state index is -0.347. The van der Waals surface area contributed by atoms with Crippen LogP contribution in [0.2, 0.25) is 0 Å². The average Bonchev–Trinajstić information content (AvgIpc) is 2.88. The molecule has 0 fully saturated rings. The number of hydrogen-bond donors (Lipinski definition) is 2. The monoisotopic (exact) mass is 278 g/mol. The number of hydrogen-bond acceptors (Lipinski definition) is 4. The van der Waals surface area contributed by atoms with Crippen LogP contribution in [0.15, 0.2) is 29.6 Å². The van der Waals surface area contributed by atoms with E-state index in [0.717, 1.165) is 15.8 Å². The molecule has 2 amide bonds. The van der Waals surface area contributed by atoms with Crippen molar-refractivity contribution in [1.82, 2.24) is 5.32 Å². The topological polar surface area (TPSA) is 67.4 Å². The SMILES string of the molecule is COC(=O)CCNC(=O)Nc1cccc2ccsc12. The number of benzene rings is 1. The van der Waals surface area contributed by atoms with Gasteiger partial charge in [0.05, 0.1) is 23.9 Å². The zero-order chi connectivity index (χ0) is 13.7. The van der Waals surface area contributed by atoms with E-state index in [1.54, 1.807) is 11.3 Å². The molecule has 1 aromatic carbocycles. The van der Waals surface area contributed by atoms with Crippen LogP contribution in [0.5, 0.6) is 0 Å². The summed E-state index contributed by atoms with van der Waals surface area (Å²) in [5, 5.41) is 8.45. The van der Waals surface area contributed by atoms with Crippen LogP contribution >= 0.6 is 11.3 Å². The number of carbonyl (C=O) groups is 2. The van der Waals surface area contributed by atoms with Crippen LogP contribution in [0, 0.1) is 0 Å². The van der Waals surface area contributed by atoms with Crippen molar-refractivity contribution in [3.05, 3.63) is 29.6 Å². The van der Waals surface area contributed by atoms with Crippen molar-refractivity contribution in [3.63, 3.8) is 0 Å². The van der Waals surface area contributed by atoms with E-state index < -0.39 is 0 Å². The molecule has 0 saturated carbocycles. The molecule has 1 heterocycles. The van der Waals surface area contributed by atoms with E-state index in [9.17, 15) is 9.59 Å². The zero-order valence-electron chi connectivity index (χ0n) is 10.4. The fraction of sp³-hybridized carbons (Fsp3) is 0.231. The number of carbonyl (C=O) groups excluding carboxylic acids is 2. The van der Waals surface area contributed by atoms with Crippen molar-refractivity contribution >= 4 is 39.1 Å². The van der Waals surface area contributed by atoms with Crippen molar-refractivity contribution in [2.45, 2.75) is 6.42 Å². The highest BCUT2D eigenvalue weighted by Crippen LogP contribution is 2.28. The summed E-state index contributed by atoms with van der Waals surface area (Å²) < 4.78 is 5.52. The number of anilines is 1. The lowest BCUT2D eigenvalue weighted by Crippen LogP contribution is -2.30. The van der Waals surface area contributed by atoms with Crippen molar-refractivity contribution in [2.75, 3.05) is 19.0 Å². The van der Waals surface area contributed by atoms with Gasteiger partial charge in [-0.3, -0.25) is 4.79 Å². The van der Waals surface area contributed by atoms with E-state index in [2.05, 4.69) is 15.4 Å². The van der Waals surface area contributed by atoms with Crippen LogP contribution in [0.1, 0.15) is 6.42 Å². The third-order valence-electron chi connectivity index (χ3n) is 2.57. The third-order valence-corrected chi connectivity index (χ3v) is 3.53. The van der Waals surface area contributed by atoms with E-state index in [1.165, 1.54) is 7.11 Å². The quantitative estimate of drug-likeness (QED) is 0.845. The van der Waals surface area contributed by atoms with Gasteiger partial charge in [0.1, 0.15) is 0 Å². The number of amides is 2. The molecule has 100 valence electrons. The highest BCUT2D eigenvalue weighted by Gasteiger charge is 2.07. The van der Waals surface area contributed by atoms with E-state index in [-0.39, 0.29) is 25.0 Å². The summed E-state index contributed by atoms with van der Waals surface area (Å²) in [6.45, 7) is 0.249. The second-order valence-electron chi connectivity index (χ2n) is 3.85. The Morgan fingerprint density at radius 3 is 2.95 bits per heavy atom. The lowest BCUT2D eigenvalue weighted by molar-refractivity contribution is -0.140. The summed E-state index contributed by atoms with van der Waals surface area (Å²) in [4.78, 5) is 22.6. The first-order chi connectivity index (χ1) is 9.20. The van der Waals surface area contributed by atoms with Crippen LogP contribution in [-0.4, -0.2) is 25.7 Å². The molecular weight excluding hydrogens is 264 g/mol. The fourth-order valence-electron chi connectivity index (χ4n) is 1.64. The van der Waals surface area contributed by atoms with Gasteiger partial charge in [-0.2, -0.15) is 0 Å². The Hall–Kier alpha value is -2.08. The number of esters is 1. The molecule has 2 aromatic rings. The molecule has 0 aliphatic rings. The number of ether oxygens (including phenoxy) is 1. The number of urea groups is 1. The van der Waals surface area contributed by atoms with E-state index in [0.29, 0.717) is 0 Å². The predicted octanol–water partition coefficient (Wildman–Crippen LogP) is 2.59. The van der Waals surface area contributed by atoms with E-state index in [1.807, 2.05) is 29.6 Å². The molecule has 6 heteroatoms. The molecule has 0 saturated heterocycles. The second kappa shape index (κ2) is 6.19. The van der Waals surface area contributed by atoms with Gasteiger partial charge in [-0.1, -0.05) is 12.1 Å². The Morgan fingerprint density at radius 1 is 1.32 bits per heavy atom. The molecule has 0 aliphatic heterocycles. The smallest absolute Gasteiger partial charge is 0.319 e. The first-order valence-corrected chi connectivity index (χ1v) is 6.66. The Labute approximate surface area is 114 Å². The molecule has 5 nitrogen and oxygen atoms in total. The highest BCUT2D eigenvalue weighted by molar-refractivity contribution is 7.17. The van der Waals surface area contributed by atoms with Crippen LogP contribution in [0.25, 0.3) is 10.1 Å². The normalized spacial score (nSPS) is 10.2. The maximum atomic E-state index is 11.7. The van der Waals surface area contributed by atoms with E-state index >= 15 is 0 Å². The number of nitrogens with one attached hydrogen (secondary N) is 2. The largest absolute Gasteiger partial charge is 0.469 e. The van der Waals surface area contributed by atoms with Crippen molar-refractivity contribution in [2.24, 2.45) is 0 Å². The standard InChI is InChI=1S/C13H14N2O3S/c1-18-11(16)5-7-14-13(17)15-10-4-2-3-9-6-8-19-12(9)10/h2-4,6,8H,5,7H2,1H3,(H2,14,15,17).